The van der Waals surface area contributed by atoms with Gasteiger partial charge in [0.15, 0.2) is 6.61 Å². The first-order valence-electron chi connectivity index (χ1n) is 9.84. The summed E-state index contributed by atoms with van der Waals surface area (Å²) < 4.78 is 17.4. The fraction of sp³-hybridized carbons (Fsp3) is 0.174. The number of ether oxygens (including phenoxy) is 1. The largest absolute Gasteiger partial charge is 0.484 e. The van der Waals surface area contributed by atoms with Crippen LogP contribution in [0.2, 0.25) is 5.02 Å². The maximum absolute atomic E-state index is 12.9. The molecule has 164 valence electrons. The van der Waals surface area contributed by atoms with E-state index in [1.54, 1.807) is 41.5 Å². The second kappa shape index (κ2) is 10.5. The highest BCUT2D eigenvalue weighted by Crippen LogP contribution is 2.20. The molecule has 0 unspecified atom stereocenters. The summed E-state index contributed by atoms with van der Waals surface area (Å²) in [4.78, 5) is 18.9. The zero-order chi connectivity index (χ0) is 22.3. The molecule has 2 aromatic carbocycles. The van der Waals surface area contributed by atoms with Crippen molar-refractivity contribution in [3.05, 3.63) is 88.1 Å². The first-order chi connectivity index (χ1) is 15.6. The van der Waals surface area contributed by atoms with Gasteiger partial charge in [0, 0.05) is 28.0 Å². The first-order valence-corrected chi connectivity index (χ1v) is 11.0. The zero-order valence-electron chi connectivity index (χ0n) is 16.9. The molecule has 0 aliphatic rings. The van der Waals surface area contributed by atoms with Crippen LogP contribution in [0.15, 0.2) is 80.3 Å². The Morgan fingerprint density at radius 1 is 1.09 bits per heavy atom. The monoisotopic (exact) mass is 515 g/mol. The molecule has 4 aromatic rings. The molecule has 0 atom stereocenters. The van der Waals surface area contributed by atoms with Crippen molar-refractivity contribution in [1.82, 2.24) is 15.0 Å². The van der Waals surface area contributed by atoms with E-state index >= 15 is 0 Å². The topological polar surface area (TPSA) is 81.6 Å². The Balaban J connectivity index is 1.39. The van der Waals surface area contributed by atoms with E-state index < -0.39 is 0 Å². The number of hydrogen-bond donors (Lipinski definition) is 0. The Morgan fingerprint density at radius 3 is 2.59 bits per heavy atom. The van der Waals surface area contributed by atoms with Gasteiger partial charge >= 0.3 is 0 Å². The lowest BCUT2D eigenvalue weighted by atomic mass is 10.2. The number of aromatic nitrogens is 2. The first kappa shape index (κ1) is 22.1. The van der Waals surface area contributed by atoms with E-state index in [-0.39, 0.29) is 12.5 Å². The molecular formula is C23H19BrClN3O4. The van der Waals surface area contributed by atoms with E-state index in [0.717, 1.165) is 10.0 Å². The van der Waals surface area contributed by atoms with Crippen LogP contribution in [-0.4, -0.2) is 34.1 Å². The van der Waals surface area contributed by atoms with Crippen LogP contribution in [0, 0.1) is 0 Å². The molecule has 4 rings (SSSR count). The van der Waals surface area contributed by atoms with Gasteiger partial charge in [0.25, 0.3) is 5.91 Å². The molecule has 0 radical (unpaired) electrons. The van der Waals surface area contributed by atoms with Crippen molar-refractivity contribution < 1.29 is 18.5 Å². The Labute approximate surface area is 198 Å². The summed E-state index contributed by atoms with van der Waals surface area (Å²) in [5.74, 6) is 1.99. The van der Waals surface area contributed by atoms with E-state index in [2.05, 4.69) is 26.1 Å². The van der Waals surface area contributed by atoms with Gasteiger partial charge in [-0.25, -0.2) is 0 Å². The van der Waals surface area contributed by atoms with Gasteiger partial charge < -0.3 is 18.6 Å². The molecule has 0 spiro atoms. The van der Waals surface area contributed by atoms with Crippen LogP contribution < -0.4 is 4.74 Å². The van der Waals surface area contributed by atoms with Crippen molar-refractivity contribution in [2.75, 3.05) is 13.2 Å². The van der Waals surface area contributed by atoms with Crippen molar-refractivity contribution in [3.63, 3.8) is 0 Å². The number of benzene rings is 2. The minimum atomic E-state index is -0.191. The molecule has 0 saturated heterocycles. The number of nitrogens with zero attached hydrogens (tertiary/aromatic N) is 3. The van der Waals surface area contributed by atoms with Gasteiger partial charge in [0.2, 0.25) is 11.7 Å². The smallest absolute Gasteiger partial charge is 0.260 e. The molecule has 2 heterocycles. The lowest BCUT2D eigenvalue weighted by Gasteiger charge is -2.21. The van der Waals surface area contributed by atoms with Crippen LogP contribution >= 0.6 is 27.5 Å². The molecule has 0 aliphatic carbocycles. The average molecular weight is 517 g/mol. The molecule has 7 nitrogen and oxygen atoms in total. The number of carbonyl (C=O) groups is 1. The summed E-state index contributed by atoms with van der Waals surface area (Å²) in [6.45, 7) is 0.561. The van der Waals surface area contributed by atoms with Crippen LogP contribution in [0.25, 0.3) is 11.4 Å². The Hall–Kier alpha value is -3.10. The maximum atomic E-state index is 12.9. The zero-order valence-corrected chi connectivity index (χ0v) is 19.3. The molecular weight excluding hydrogens is 498 g/mol. The molecule has 0 bridgehead atoms. The van der Waals surface area contributed by atoms with Crippen molar-refractivity contribution in [3.8, 4) is 17.1 Å². The van der Waals surface area contributed by atoms with Crippen LogP contribution in [0.5, 0.6) is 5.75 Å². The maximum Gasteiger partial charge on any atom is 0.260 e. The van der Waals surface area contributed by atoms with Gasteiger partial charge in [0.05, 0.1) is 12.8 Å². The van der Waals surface area contributed by atoms with Gasteiger partial charge in [-0.1, -0.05) is 32.7 Å². The molecule has 0 saturated carbocycles. The fourth-order valence-electron chi connectivity index (χ4n) is 2.95. The highest BCUT2D eigenvalue weighted by molar-refractivity contribution is 9.10. The molecule has 0 aliphatic heterocycles. The van der Waals surface area contributed by atoms with E-state index in [0.29, 0.717) is 47.8 Å². The second-order valence-corrected chi connectivity index (χ2v) is 8.26. The summed E-state index contributed by atoms with van der Waals surface area (Å²) >= 11 is 9.30. The third kappa shape index (κ3) is 5.99. The number of furan rings is 1. The Kier molecular flexibility index (Phi) is 7.24. The van der Waals surface area contributed by atoms with Crippen LogP contribution in [-0.2, 0) is 17.8 Å². The standard InChI is InChI=1S/C23H19BrClN3O4/c24-17-5-3-16(4-6-17)23-26-21(32-27-23)11-12-28(14-20-2-1-13-30-20)22(29)15-31-19-9-7-18(25)8-10-19/h1-10,13H,11-12,14-15H2. The Morgan fingerprint density at radius 2 is 1.88 bits per heavy atom. The third-order valence-corrected chi connectivity index (χ3v) is 5.40. The van der Waals surface area contributed by atoms with Crippen molar-refractivity contribution in [2.45, 2.75) is 13.0 Å². The van der Waals surface area contributed by atoms with Crippen LogP contribution in [0.3, 0.4) is 0 Å². The average Bonchev–Trinajstić information content (AvgIpc) is 3.49. The van der Waals surface area contributed by atoms with Gasteiger partial charge in [0.1, 0.15) is 11.5 Å². The van der Waals surface area contributed by atoms with Crippen LogP contribution in [0.4, 0.5) is 0 Å². The summed E-state index contributed by atoms with van der Waals surface area (Å²) in [6, 6.07) is 18.1. The summed E-state index contributed by atoms with van der Waals surface area (Å²) in [6.07, 6.45) is 1.97. The van der Waals surface area contributed by atoms with Gasteiger partial charge in [-0.3, -0.25) is 4.79 Å². The molecule has 1 amide bonds. The normalized spacial score (nSPS) is 10.8. The minimum Gasteiger partial charge on any atom is -0.484 e. The van der Waals surface area contributed by atoms with Crippen molar-refractivity contribution in [1.29, 1.82) is 0 Å². The number of hydrogen-bond acceptors (Lipinski definition) is 6. The highest BCUT2D eigenvalue weighted by Gasteiger charge is 2.18. The van der Waals surface area contributed by atoms with Gasteiger partial charge in [-0.15, -0.1) is 0 Å². The number of amides is 1. The minimum absolute atomic E-state index is 0.115. The summed E-state index contributed by atoms with van der Waals surface area (Å²) in [7, 11) is 0. The van der Waals surface area contributed by atoms with Crippen LogP contribution in [0.1, 0.15) is 11.7 Å². The van der Waals surface area contributed by atoms with Gasteiger partial charge in [-0.2, -0.15) is 4.98 Å². The highest BCUT2D eigenvalue weighted by atomic mass is 79.9. The molecule has 0 fully saturated rings. The van der Waals surface area contributed by atoms with E-state index in [4.69, 9.17) is 25.3 Å². The summed E-state index contributed by atoms with van der Waals surface area (Å²) in [5, 5.41) is 4.64. The molecule has 2 aromatic heterocycles. The quantitative estimate of drug-likeness (QED) is 0.296. The van der Waals surface area contributed by atoms with E-state index in [1.807, 2.05) is 30.3 Å². The van der Waals surface area contributed by atoms with Crippen molar-refractivity contribution in [2.24, 2.45) is 0 Å². The Bertz CT molecular complexity index is 1140. The third-order valence-electron chi connectivity index (χ3n) is 4.62. The lowest BCUT2D eigenvalue weighted by Crippen LogP contribution is -2.36. The molecule has 32 heavy (non-hydrogen) atoms. The number of halogens is 2. The number of rotatable bonds is 9. The summed E-state index contributed by atoms with van der Waals surface area (Å²) in [5.41, 5.74) is 0.850. The fourth-order valence-corrected chi connectivity index (χ4v) is 3.34. The molecule has 0 N–H and O–H groups in total. The van der Waals surface area contributed by atoms with Gasteiger partial charge in [-0.05, 0) is 60.7 Å². The predicted octanol–water partition coefficient (Wildman–Crippen LogP) is 5.40. The second-order valence-electron chi connectivity index (χ2n) is 6.91. The predicted molar refractivity (Wildman–Crippen MR) is 122 cm³/mol. The number of carbonyl (C=O) groups excluding carboxylic acids is 1. The molecule has 9 heteroatoms. The van der Waals surface area contributed by atoms with Crippen molar-refractivity contribution >= 4 is 33.4 Å². The van der Waals surface area contributed by atoms with E-state index in [1.165, 1.54) is 0 Å². The lowest BCUT2D eigenvalue weighted by molar-refractivity contribution is -0.134. The van der Waals surface area contributed by atoms with E-state index in [9.17, 15) is 4.79 Å². The SMILES string of the molecule is O=C(COc1ccc(Cl)cc1)N(CCc1nc(-c2ccc(Br)cc2)no1)Cc1ccco1.